The fraction of sp³-hybridized carbons (Fsp3) is 0.545. The van der Waals surface area contributed by atoms with Crippen molar-refractivity contribution in [2.75, 3.05) is 31.1 Å². The molecule has 2 atom stereocenters. The molecule has 2 fully saturated rings. The lowest BCUT2D eigenvalue weighted by Crippen LogP contribution is -2.56. The molecule has 2 aromatic rings. The van der Waals surface area contributed by atoms with E-state index in [9.17, 15) is 13.2 Å². The summed E-state index contributed by atoms with van der Waals surface area (Å²) in [7, 11) is 0. The highest BCUT2D eigenvalue weighted by atomic mass is 35.5. The van der Waals surface area contributed by atoms with Gasteiger partial charge in [0.2, 0.25) is 5.95 Å². The first-order valence-corrected chi connectivity index (χ1v) is 10.9. The van der Waals surface area contributed by atoms with Gasteiger partial charge in [0.25, 0.3) is 0 Å². The first-order valence-electron chi connectivity index (χ1n) is 10.6. The van der Waals surface area contributed by atoms with Crippen molar-refractivity contribution in [2.45, 2.75) is 50.6 Å². The normalized spacial score (nSPS) is 23.8. The molecule has 0 N–H and O–H groups in total. The number of morpholine rings is 1. The van der Waals surface area contributed by atoms with Crippen LogP contribution in [-0.2, 0) is 17.3 Å². The second-order valence-electron chi connectivity index (χ2n) is 8.28. The van der Waals surface area contributed by atoms with Gasteiger partial charge in [-0.05, 0) is 49.9 Å². The zero-order chi connectivity index (χ0) is 22.0. The number of hydrogen-bond donors (Lipinski definition) is 0. The van der Waals surface area contributed by atoms with Crippen LogP contribution in [0.2, 0.25) is 5.02 Å². The summed E-state index contributed by atoms with van der Waals surface area (Å²) >= 11 is 6.01. The summed E-state index contributed by atoms with van der Waals surface area (Å²) in [6.07, 6.45) is -0.544. The van der Waals surface area contributed by atoms with Gasteiger partial charge in [0.05, 0.1) is 12.7 Å². The van der Waals surface area contributed by atoms with E-state index < -0.39 is 11.9 Å². The van der Waals surface area contributed by atoms with Crippen LogP contribution >= 0.6 is 11.6 Å². The van der Waals surface area contributed by atoms with E-state index in [4.69, 9.17) is 16.3 Å². The maximum Gasteiger partial charge on any atom is 0.433 e. The highest BCUT2D eigenvalue weighted by molar-refractivity contribution is 6.30. The highest BCUT2D eigenvalue weighted by Crippen LogP contribution is 2.30. The number of alkyl halides is 3. The molecule has 2 aliphatic rings. The summed E-state index contributed by atoms with van der Waals surface area (Å²) in [6.45, 7) is 4.86. The Hall–Kier alpha value is -1.90. The predicted molar refractivity (Wildman–Crippen MR) is 113 cm³/mol. The lowest BCUT2D eigenvalue weighted by molar-refractivity contribution is -0.141. The highest BCUT2D eigenvalue weighted by Gasteiger charge is 2.36. The van der Waals surface area contributed by atoms with Crippen molar-refractivity contribution in [2.24, 2.45) is 0 Å². The van der Waals surface area contributed by atoms with Gasteiger partial charge in [-0.2, -0.15) is 13.2 Å². The third-order valence-electron chi connectivity index (χ3n) is 6.04. The number of piperidine rings is 1. The largest absolute Gasteiger partial charge is 0.433 e. The van der Waals surface area contributed by atoms with Crippen LogP contribution in [0.1, 0.15) is 31.0 Å². The van der Waals surface area contributed by atoms with Crippen molar-refractivity contribution in [3.8, 4) is 0 Å². The van der Waals surface area contributed by atoms with Crippen molar-refractivity contribution >= 4 is 17.5 Å². The quantitative estimate of drug-likeness (QED) is 0.682. The first kappa shape index (κ1) is 22.3. The van der Waals surface area contributed by atoms with E-state index in [2.05, 4.69) is 21.8 Å². The molecule has 0 radical (unpaired) electrons. The molecule has 4 rings (SSSR count). The van der Waals surface area contributed by atoms with Gasteiger partial charge in [0.15, 0.2) is 0 Å². The molecule has 31 heavy (non-hydrogen) atoms. The Bertz CT molecular complexity index is 872. The van der Waals surface area contributed by atoms with Gasteiger partial charge < -0.3 is 9.64 Å². The van der Waals surface area contributed by atoms with Crippen molar-refractivity contribution in [1.29, 1.82) is 0 Å². The molecule has 0 amide bonds. The third kappa shape index (κ3) is 5.48. The molecule has 0 bridgehead atoms. The van der Waals surface area contributed by atoms with Gasteiger partial charge in [-0.3, -0.25) is 4.90 Å². The number of aromatic nitrogens is 2. The molecule has 5 nitrogen and oxygen atoms in total. The van der Waals surface area contributed by atoms with Gasteiger partial charge in [-0.25, -0.2) is 9.97 Å². The molecule has 1 aromatic heterocycles. The molecular weight excluding hydrogens is 429 g/mol. The molecule has 0 unspecified atom stereocenters. The molecular formula is C22H26ClF3N4O. The Morgan fingerprint density at radius 1 is 1.13 bits per heavy atom. The fourth-order valence-corrected chi connectivity index (χ4v) is 4.57. The van der Waals surface area contributed by atoms with Crippen LogP contribution in [0.25, 0.3) is 0 Å². The van der Waals surface area contributed by atoms with Gasteiger partial charge in [0, 0.05) is 42.9 Å². The van der Waals surface area contributed by atoms with E-state index in [-0.39, 0.29) is 18.1 Å². The van der Waals surface area contributed by atoms with Gasteiger partial charge in [-0.1, -0.05) is 23.7 Å². The Labute approximate surface area is 185 Å². The summed E-state index contributed by atoms with van der Waals surface area (Å²) in [6, 6.07) is 9.43. The summed E-state index contributed by atoms with van der Waals surface area (Å²) in [4.78, 5) is 12.2. The molecule has 0 saturated carbocycles. The molecule has 2 aliphatic heterocycles. The molecule has 9 heteroatoms. The molecule has 0 aliphatic carbocycles. The number of halogens is 4. The summed E-state index contributed by atoms with van der Waals surface area (Å²) in [5.41, 5.74) is 0.317. The van der Waals surface area contributed by atoms with Crippen LogP contribution < -0.4 is 4.90 Å². The van der Waals surface area contributed by atoms with Crippen LogP contribution in [0.4, 0.5) is 19.1 Å². The summed E-state index contributed by atoms with van der Waals surface area (Å²) < 4.78 is 44.9. The lowest BCUT2D eigenvalue weighted by Gasteiger charge is -2.46. The maximum atomic E-state index is 13.0. The monoisotopic (exact) mass is 454 g/mol. The average molecular weight is 455 g/mol. The van der Waals surface area contributed by atoms with Crippen LogP contribution in [0, 0.1) is 0 Å². The van der Waals surface area contributed by atoms with E-state index in [0.29, 0.717) is 25.7 Å². The number of ether oxygens (including phenoxy) is 1. The van der Waals surface area contributed by atoms with Crippen LogP contribution in [0.5, 0.6) is 0 Å². The zero-order valence-electron chi connectivity index (χ0n) is 17.4. The second kappa shape index (κ2) is 9.30. The smallest absolute Gasteiger partial charge is 0.376 e. The minimum Gasteiger partial charge on any atom is -0.376 e. The minimum absolute atomic E-state index is 0.154. The first-order chi connectivity index (χ1) is 14.8. The van der Waals surface area contributed by atoms with Crippen molar-refractivity contribution in [3.63, 3.8) is 0 Å². The molecule has 0 spiro atoms. The number of nitrogens with zero attached hydrogens (tertiary/aromatic N) is 4. The predicted octanol–water partition coefficient (Wildman–Crippen LogP) is 4.45. The maximum absolute atomic E-state index is 13.0. The van der Waals surface area contributed by atoms with E-state index in [1.165, 1.54) is 11.8 Å². The van der Waals surface area contributed by atoms with Crippen LogP contribution in [0.3, 0.4) is 0 Å². The van der Waals surface area contributed by atoms with Gasteiger partial charge in [-0.15, -0.1) is 0 Å². The Balaban J connectivity index is 1.41. The topological polar surface area (TPSA) is 41.5 Å². The standard InChI is InChI=1S/C22H26ClF3N4O/c1-15-13-30(19(14-31-15)12-16-2-4-17(23)5-3-16)18-7-10-29(11-8-18)21-27-9-6-20(28-21)22(24,25)26/h2-6,9,15,18-19H,7-8,10-14H2,1H3/t15-,19-/m0/s1. The number of benzene rings is 1. The van der Waals surface area contributed by atoms with Gasteiger partial charge >= 0.3 is 6.18 Å². The van der Waals surface area contributed by atoms with E-state index >= 15 is 0 Å². The molecule has 3 heterocycles. The Kier molecular flexibility index (Phi) is 6.69. The SMILES string of the molecule is C[C@H]1CN(C2CCN(c3nccc(C(F)(F)F)n3)CC2)[C@@H](Cc2ccc(Cl)cc2)CO1. The molecule has 1 aromatic carbocycles. The van der Waals surface area contributed by atoms with Crippen molar-refractivity contribution in [3.05, 3.63) is 52.8 Å². The van der Waals surface area contributed by atoms with Crippen LogP contribution in [-0.4, -0.2) is 59.3 Å². The summed E-state index contributed by atoms with van der Waals surface area (Å²) in [5, 5.41) is 0.721. The lowest BCUT2D eigenvalue weighted by atomic mass is 9.96. The average Bonchev–Trinajstić information content (AvgIpc) is 2.76. The Morgan fingerprint density at radius 3 is 2.52 bits per heavy atom. The van der Waals surface area contributed by atoms with E-state index in [1.54, 1.807) is 0 Å². The van der Waals surface area contributed by atoms with E-state index in [0.717, 1.165) is 36.9 Å². The molecule has 168 valence electrons. The number of hydrogen-bond acceptors (Lipinski definition) is 5. The zero-order valence-corrected chi connectivity index (χ0v) is 18.1. The Morgan fingerprint density at radius 2 is 1.84 bits per heavy atom. The van der Waals surface area contributed by atoms with Crippen LogP contribution in [0.15, 0.2) is 36.5 Å². The fourth-order valence-electron chi connectivity index (χ4n) is 4.44. The number of anilines is 1. The van der Waals surface area contributed by atoms with Crippen molar-refractivity contribution < 1.29 is 17.9 Å². The number of rotatable bonds is 4. The minimum atomic E-state index is -4.46. The van der Waals surface area contributed by atoms with Gasteiger partial charge in [0.1, 0.15) is 5.69 Å². The third-order valence-corrected chi connectivity index (χ3v) is 6.30. The van der Waals surface area contributed by atoms with Crippen molar-refractivity contribution in [1.82, 2.24) is 14.9 Å². The summed E-state index contributed by atoms with van der Waals surface area (Å²) in [5.74, 6) is 0.154. The molecule has 2 saturated heterocycles. The second-order valence-corrected chi connectivity index (χ2v) is 8.72. The van der Waals surface area contributed by atoms with E-state index in [1.807, 2.05) is 29.2 Å².